The van der Waals surface area contributed by atoms with Crippen LogP contribution in [0.2, 0.25) is 0 Å². The number of likely N-dealkylation sites (tertiary alicyclic amines) is 1. The molecule has 0 saturated carbocycles. The van der Waals surface area contributed by atoms with Crippen LogP contribution in [0, 0.1) is 11.8 Å². The molecule has 1 N–H and O–H groups in total. The van der Waals surface area contributed by atoms with E-state index in [1.165, 1.54) is 0 Å². The van der Waals surface area contributed by atoms with Gasteiger partial charge in [0.25, 0.3) is 0 Å². The molecule has 138 valence electrons. The fourth-order valence-electron chi connectivity index (χ4n) is 3.79. The average molecular weight is 365 g/mol. The molecule has 1 aromatic rings. The second-order valence-electron chi connectivity index (χ2n) is 6.75. The minimum atomic E-state index is 0.293. The SMILES string of the molecule is COc1ccc(SCCC(=O)N2CC[C@@H]3CNC[C@@H]3CC2)cc1OC. The number of hydrogen-bond donors (Lipinski definition) is 1. The molecule has 1 aromatic carbocycles. The van der Waals surface area contributed by atoms with Gasteiger partial charge in [0.05, 0.1) is 14.2 Å². The van der Waals surface area contributed by atoms with Crippen molar-refractivity contribution >= 4 is 17.7 Å². The molecule has 0 unspecified atom stereocenters. The van der Waals surface area contributed by atoms with E-state index in [1.807, 2.05) is 18.2 Å². The Morgan fingerprint density at radius 3 is 2.48 bits per heavy atom. The lowest BCUT2D eigenvalue weighted by atomic mass is 9.92. The number of rotatable bonds is 6. The molecule has 0 spiro atoms. The van der Waals surface area contributed by atoms with E-state index < -0.39 is 0 Å². The first-order chi connectivity index (χ1) is 12.2. The van der Waals surface area contributed by atoms with Crippen LogP contribution < -0.4 is 14.8 Å². The predicted molar refractivity (Wildman–Crippen MR) is 101 cm³/mol. The number of nitrogens with zero attached hydrogens (tertiary/aromatic N) is 1. The smallest absolute Gasteiger partial charge is 0.223 e. The highest BCUT2D eigenvalue weighted by molar-refractivity contribution is 7.99. The Labute approximate surface area is 154 Å². The van der Waals surface area contributed by atoms with Crippen LogP contribution in [0.1, 0.15) is 19.3 Å². The van der Waals surface area contributed by atoms with Crippen LogP contribution in [0.3, 0.4) is 0 Å². The molecule has 2 saturated heterocycles. The fraction of sp³-hybridized carbons (Fsp3) is 0.632. The first-order valence-corrected chi connectivity index (χ1v) is 10.0. The lowest BCUT2D eigenvalue weighted by molar-refractivity contribution is -0.130. The van der Waals surface area contributed by atoms with E-state index in [9.17, 15) is 4.79 Å². The molecule has 6 heteroatoms. The number of hydrogen-bond acceptors (Lipinski definition) is 5. The Morgan fingerprint density at radius 2 is 1.84 bits per heavy atom. The quantitative estimate of drug-likeness (QED) is 0.787. The number of thioether (sulfide) groups is 1. The van der Waals surface area contributed by atoms with Crippen molar-refractivity contribution in [2.75, 3.05) is 46.2 Å². The van der Waals surface area contributed by atoms with Gasteiger partial charge >= 0.3 is 0 Å². The molecule has 2 aliphatic heterocycles. The summed E-state index contributed by atoms with van der Waals surface area (Å²) in [4.78, 5) is 15.7. The molecule has 5 nitrogen and oxygen atoms in total. The van der Waals surface area contributed by atoms with Gasteiger partial charge in [0.2, 0.25) is 5.91 Å². The van der Waals surface area contributed by atoms with Crippen molar-refractivity contribution < 1.29 is 14.3 Å². The van der Waals surface area contributed by atoms with Gasteiger partial charge in [0.1, 0.15) is 0 Å². The summed E-state index contributed by atoms with van der Waals surface area (Å²) in [5, 5.41) is 3.48. The highest BCUT2D eigenvalue weighted by Crippen LogP contribution is 2.32. The number of amides is 1. The fourth-order valence-corrected chi connectivity index (χ4v) is 4.66. The number of carbonyl (C=O) groups is 1. The topological polar surface area (TPSA) is 50.8 Å². The molecule has 0 radical (unpaired) electrons. The van der Waals surface area contributed by atoms with Crippen LogP contribution in [0.15, 0.2) is 23.1 Å². The summed E-state index contributed by atoms with van der Waals surface area (Å²) in [5.74, 6) is 4.07. The van der Waals surface area contributed by atoms with E-state index in [-0.39, 0.29) is 0 Å². The zero-order valence-corrected chi connectivity index (χ0v) is 15.9. The van der Waals surface area contributed by atoms with Gasteiger partial charge in [-0.2, -0.15) is 0 Å². The Morgan fingerprint density at radius 1 is 1.16 bits per heavy atom. The lowest BCUT2D eigenvalue weighted by Crippen LogP contribution is -2.32. The maximum atomic E-state index is 12.5. The Kier molecular flexibility index (Phi) is 6.48. The predicted octanol–water partition coefficient (Wildman–Crippen LogP) is 2.64. The molecule has 2 heterocycles. The van der Waals surface area contributed by atoms with Crippen LogP contribution in [-0.4, -0.2) is 57.0 Å². The van der Waals surface area contributed by atoms with Crippen LogP contribution in [-0.2, 0) is 4.79 Å². The van der Waals surface area contributed by atoms with Gasteiger partial charge in [0.15, 0.2) is 11.5 Å². The molecule has 2 atom stereocenters. The highest BCUT2D eigenvalue weighted by Gasteiger charge is 2.31. The number of carbonyl (C=O) groups excluding carboxylic acids is 1. The summed E-state index contributed by atoms with van der Waals surface area (Å²) in [6.45, 7) is 4.09. The van der Waals surface area contributed by atoms with Gasteiger partial charge in [-0.1, -0.05) is 0 Å². The zero-order chi connectivity index (χ0) is 17.6. The maximum Gasteiger partial charge on any atom is 0.223 e. The Hall–Kier alpha value is -1.40. The summed E-state index contributed by atoms with van der Waals surface area (Å²) in [6, 6.07) is 5.88. The third-order valence-electron chi connectivity index (χ3n) is 5.31. The minimum absolute atomic E-state index is 0.293. The number of fused-ring (bicyclic) bond motifs is 1. The van der Waals surface area contributed by atoms with Crippen LogP contribution in [0.5, 0.6) is 11.5 Å². The van der Waals surface area contributed by atoms with Crippen molar-refractivity contribution in [1.29, 1.82) is 0 Å². The standard InChI is InChI=1S/C19H28N2O3S/c1-23-17-4-3-16(11-18(17)24-2)25-10-7-19(22)21-8-5-14-12-20-13-15(14)6-9-21/h3-4,11,14-15,20H,5-10,12-13H2,1-2H3/t14-,15+. The second kappa shape index (κ2) is 8.81. The van der Waals surface area contributed by atoms with Crippen LogP contribution in [0.4, 0.5) is 0 Å². The number of methoxy groups -OCH3 is 2. The first-order valence-electron chi connectivity index (χ1n) is 9.04. The molecule has 2 fully saturated rings. The lowest BCUT2D eigenvalue weighted by Gasteiger charge is -2.21. The number of ether oxygens (including phenoxy) is 2. The van der Waals surface area contributed by atoms with E-state index in [0.717, 1.165) is 73.0 Å². The maximum absolute atomic E-state index is 12.5. The minimum Gasteiger partial charge on any atom is -0.493 e. The van der Waals surface area contributed by atoms with Crippen LogP contribution >= 0.6 is 11.8 Å². The van der Waals surface area contributed by atoms with Crippen molar-refractivity contribution in [3.8, 4) is 11.5 Å². The van der Waals surface area contributed by atoms with E-state index in [2.05, 4.69) is 10.2 Å². The summed E-state index contributed by atoms with van der Waals surface area (Å²) < 4.78 is 10.6. The number of nitrogens with one attached hydrogen (secondary N) is 1. The van der Waals surface area contributed by atoms with Crippen molar-refractivity contribution in [2.45, 2.75) is 24.2 Å². The molecule has 25 heavy (non-hydrogen) atoms. The highest BCUT2D eigenvalue weighted by atomic mass is 32.2. The summed E-state index contributed by atoms with van der Waals surface area (Å²) in [7, 11) is 3.27. The Balaban J connectivity index is 1.46. The third kappa shape index (κ3) is 4.61. The van der Waals surface area contributed by atoms with Gasteiger partial charge in [-0.05, 0) is 56.0 Å². The average Bonchev–Trinajstić information content (AvgIpc) is 2.99. The van der Waals surface area contributed by atoms with E-state index >= 15 is 0 Å². The monoisotopic (exact) mass is 364 g/mol. The van der Waals surface area contributed by atoms with Crippen LogP contribution in [0.25, 0.3) is 0 Å². The Bertz CT molecular complexity index is 582. The third-order valence-corrected chi connectivity index (χ3v) is 6.31. The first kappa shape index (κ1) is 18.4. The van der Waals surface area contributed by atoms with Gasteiger partial charge in [-0.25, -0.2) is 0 Å². The zero-order valence-electron chi connectivity index (χ0n) is 15.1. The largest absolute Gasteiger partial charge is 0.493 e. The van der Waals surface area contributed by atoms with Gasteiger partial charge in [0, 0.05) is 30.2 Å². The van der Waals surface area contributed by atoms with Gasteiger partial charge < -0.3 is 19.7 Å². The summed E-state index contributed by atoms with van der Waals surface area (Å²) in [6.07, 6.45) is 2.88. The summed E-state index contributed by atoms with van der Waals surface area (Å²) in [5.41, 5.74) is 0. The molecule has 0 aliphatic carbocycles. The van der Waals surface area contributed by atoms with Crippen molar-refractivity contribution in [3.63, 3.8) is 0 Å². The second-order valence-corrected chi connectivity index (χ2v) is 7.92. The van der Waals surface area contributed by atoms with E-state index in [0.29, 0.717) is 12.3 Å². The molecule has 3 rings (SSSR count). The number of benzene rings is 1. The van der Waals surface area contributed by atoms with Crippen molar-refractivity contribution in [3.05, 3.63) is 18.2 Å². The molecular weight excluding hydrogens is 336 g/mol. The van der Waals surface area contributed by atoms with Gasteiger partial charge in [-0.15, -0.1) is 11.8 Å². The van der Waals surface area contributed by atoms with E-state index in [1.54, 1.807) is 26.0 Å². The van der Waals surface area contributed by atoms with Crippen molar-refractivity contribution in [2.24, 2.45) is 11.8 Å². The van der Waals surface area contributed by atoms with E-state index in [4.69, 9.17) is 9.47 Å². The normalized spacial score (nSPS) is 23.0. The molecule has 0 aromatic heterocycles. The molecule has 2 aliphatic rings. The molecule has 1 amide bonds. The van der Waals surface area contributed by atoms with Gasteiger partial charge in [-0.3, -0.25) is 4.79 Å². The molecular formula is C19H28N2O3S. The van der Waals surface area contributed by atoms with Crippen molar-refractivity contribution in [1.82, 2.24) is 10.2 Å². The summed E-state index contributed by atoms with van der Waals surface area (Å²) >= 11 is 1.69. The molecule has 0 bridgehead atoms.